The molecule has 0 aliphatic heterocycles. The van der Waals surface area contributed by atoms with E-state index in [-0.39, 0.29) is 12.5 Å². The van der Waals surface area contributed by atoms with Gasteiger partial charge in [-0.3, -0.25) is 4.79 Å². The van der Waals surface area contributed by atoms with Crippen LogP contribution in [-0.2, 0) is 14.8 Å². The second kappa shape index (κ2) is 6.07. The van der Waals surface area contributed by atoms with E-state index in [1.165, 1.54) is 12.3 Å². The molecule has 0 aliphatic rings. The fourth-order valence-electron chi connectivity index (χ4n) is 1.51. The Morgan fingerprint density at radius 2 is 2.16 bits per heavy atom. The summed E-state index contributed by atoms with van der Waals surface area (Å²) < 4.78 is 38.9. The van der Waals surface area contributed by atoms with E-state index in [2.05, 4.69) is 4.98 Å². The number of sulfonamides is 1. The maximum absolute atomic E-state index is 13.5. The van der Waals surface area contributed by atoms with Crippen molar-refractivity contribution in [2.75, 3.05) is 13.1 Å². The lowest BCUT2D eigenvalue weighted by atomic mass is 10.2. The molecule has 1 aromatic rings. The fourth-order valence-corrected chi connectivity index (χ4v) is 3.06. The van der Waals surface area contributed by atoms with Gasteiger partial charge in [0.05, 0.1) is 6.54 Å². The van der Waals surface area contributed by atoms with Crippen LogP contribution in [0.2, 0.25) is 0 Å². The number of aromatic nitrogens is 1. The zero-order chi connectivity index (χ0) is 14.6. The van der Waals surface area contributed by atoms with Gasteiger partial charge in [-0.1, -0.05) is 13.8 Å². The zero-order valence-corrected chi connectivity index (χ0v) is 11.5. The lowest BCUT2D eigenvalue weighted by molar-refractivity contribution is -0.118. The Labute approximate surface area is 111 Å². The number of rotatable bonds is 6. The SMILES string of the molecule is CC(C)CN(CC(N)=O)S(=O)(=O)c1ncccc1F. The van der Waals surface area contributed by atoms with Crippen LogP contribution in [0.5, 0.6) is 0 Å². The van der Waals surface area contributed by atoms with Crippen LogP contribution in [0.3, 0.4) is 0 Å². The van der Waals surface area contributed by atoms with E-state index in [0.717, 1.165) is 10.4 Å². The summed E-state index contributed by atoms with van der Waals surface area (Å²) in [5.74, 6) is -1.80. The normalized spacial score (nSPS) is 12.1. The van der Waals surface area contributed by atoms with Crippen molar-refractivity contribution in [1.82, 2.24) is 9.29 Å². The first-order valence-electron chi connectivity index (χ1n) is 5.64. The van der Waals surface area contributed by atoms with E-state index < -0.39 is 33.3 Å². The molecule has 1 amide bonds. The molecule has 0 aromatic carbocycles. The summed E-state index contributed by atoms with van der Waals surface area (Å²) in [6.45, 7) is 3.11. The predicted molar refractivity (Wildman–Crippen MR) is 67.0 cm³/mol. The molecule has 106 valence electrons. The van der Waals surface area contributed by atoms with Crippen molar-refractivity contribution in [3.8, 4) is 0 Å². The largest absolute Gasteiger partial charge is 0.369 e. The number of carbonyl (C=O) groups is 1. The van der Waals surface area contributed by atoms with Crippen LogP contribution in [0.25, 0.3) is 0 Å². The van der Waals surface area contributed by atoms with Crippen molar-refractivity contribution < 1.29 is 17.6 Å². The monoisotopic (exact) mass is 289 g/mol. The summed E-state index contributed by atoms with van der Waals surface area (Å²) in [5, 5.41) is -0.697. The summed E-state index contributed by atoms with van der Waals surface area (Å²) in [6, 6.07) is 2.28. The predicted octanol–water partition coefficient (Wildman–Crippen LogP) is 0.353. The Balaban J connectivity index is 3.19. The van der Waals surface area contributed by atoms with Crippen LogP contribution in [0.4, 0.5) is 4.39 Å². The average molecular weight is 289 g/mol. The minimum absolute atomic E-state index is 0.0408. The van der Waals surface area contributed by atoms with Crippen LogP contribution in [0.1, 0.15) is 13.8 Å². The van der Waals surface area contributed by atoms with Crippen LogP contribution in [0.15, 0.2) is 23.4 Å². The molecule has 0 fully saturated rings. The molecule has 0 atom stereocenters. The zero-order valence-electron chi connectivity index (χ0n) is 10.7. The Hall–Kier alpha value is -1.54. The first-order chi connectivity index (χ1) is 8.75. The third kappa shape index (κ3) is 3.97. The minimum Gasteiger partial charge on any atom is -0.369 e. The first kappa shape index (κ1) is 15.5. The molecule has 1 aromatic heterocycles. The summed E-state index contributed by atoms with van der Waals surface area (Å²) in [7, 11) is -4.18. The standard InChI is InChI=1S/C11H16FN3O3S/c1-8(2)6-15(7-10(13)16)19(17,18)11-9(12)4-3-5-14-11/h3-5,8H,6-7H2,1-2H3,(H2,13,16). The molecule has 2 N–H and O–H groups in total. The highest BCUT2D eigenvalue weighted by atomic mass is 32.2. The molecule has 1 heterocycles. The molecule has 0 spiro atoms. The van der Waals surface area contributed by atoms with Gasteiger partial charge in [-0.25, -0.2) is 17.8 Å². The van der Waals surface area contributed by atoms with E-state index in [4.69, 9.17) is 5.73 Å². The van der Waals surface area contributed by atoms with Gasteiger partial charge in [0.1, 0.15) is 0 Å². The summed E-state index contributed by atoms with van der Waals surface area (Å²) in [5.41, 5.74) is 5.02. The smallest absolute Gasteiger partial charge is 0.264 e. The molecule has 0 radical (unpaired) electrons. The van der Waals surface area contributed by atoms with E-state index in [9.17, 15) is 17.6 Å². The number of amides is 1. The second-order valence-electron chi connectivity index (χ2n) is 4.45. The highest BCUT2D eigenvalue weighted by Gasteiger charge is 2.30. The van der Waals surface area contributed by atoms with Crippen LogP contribution >= 0.6 is 0 Å². The summed E-state index contributed by atoms with van der Waals surface area (Å²) >= 11 is 0. The third-order valence-electron chi connectivity index (χ3n) is 2.21. The number of nitrogens with two attached hydrogens (primary N) is 1. The van der Waals surface area contributed by atoms with E-state index in [1.54, 1.807) is 13.8 Å². The number of hydrogen-bond acceptors (Lipinski definition) is 4. The Kier molecular flexibility index (Phi) is 4.96. The lowest BCUT2D eigenvalue weighted by Crippen LogP contribution is -2.41. The third-order valence-corrected chi connectivity index (χ3v) is 3.96. The lowest BCUT2D eigenvalue weighted by Gasteiger charge is -2.22. The van der Waals surface area contributed by atoms with Gasteiger partial charge in [0.15, 0.2) is 5.82 Å². The molecule has 0 aliphatic carbocycles. The summed E-state index contributed by atoms with van der Waals surface area (Å²) in [4.78, 5) is 14.5. The van der Waals surface area contributed by atoms with Gasteiger partial charge in [-0.15, -0.1) is 0 Å². The molecule has 8 heteroatoms. The second-order valence-corrected chi connectivity index (χ2v) is 6.30. The van der Waals surface area contributed by atoms with Gasteiger partial charge in [-0.05, 0) is 18.1 Å². The van der Waals surface area contributed by atoms with Crippen LogP contribution in [0, 0.1) is 11.7 Å². The molecule has 6 nitrogen and oxygen atoms in total. The van der Waals surface area contributed by atoms with Gasteiger partial charge in [0.25, 0.3) is 10.0 Å². The maximum Gasteiger partial charge on any atom is 0.264 e. The van der Waals surface area contributed by atoms with Crippen LogP contribution < -0.4 is 5.73 Å². The van der Waals surface area contributed by atoms with Crippen molar-refractivity contribution in [3.05, 3.63) is 24.1 Å². The number of carbonyl (C=O) groups excluding carboxylic acids is 1. The molecule has 0 unspecified atom stereocenters. The molecule has 1 rings (SSSR count). The van der Waals surface area contributed by atoms with Crippen molar-refractivity contribution >= 4 is 15.9 Å². The number of halogens is 1. The van der Waals surface area contributed by atoms with Crippen LogP contribution in [-0.4, -0.2) is 36.7 Å². The van der Waals surface area contributed by atoms with Crippen molar-refractivity contribution in [3.63, 3.8) is 0 Å². The van der Waals surface area contributed by atoms with Gasteiger partial charge in [-0.2, -0.15) is 4.31 Å². The quantitative estimate of drug-likeness (QED) is 0.818. The van der Waals surface area contributed by atoms with Gasteiger partial charge < -0.3 is 5.73 Å². The van der Waals surface area contributed by atoms with Gasteiger partial charge >= 0.3 is 0 Å². The maximum atomic E-state index is 13.5. The number of nitrogens with zero attached hydrogens (tertiary/aromatic N) is 2. The molecule has 19 heavy (non-hydrogen) atoms. The number of primary amides is 1. The van der Waals surface area contributed by atoms with E-state index in [1.807, 2.05) is 0 Å². The number of pyridine rings is 1. The average Bonchev–Trinajstić information content (AvgIpc) is 2.27. The molecule has 0 bridgehead atoms. The Morgan fingerprint density at radius 1 is 1.53 bits per heavy atom. The van der Waals surface area contributed by atoms with E-state index >= 15 is 0 Å². The minimum atomic E-state index is -4.18. The van der Waals surface area contributed by atoms with Crippen molar-refractivity contribution in [1.29, 1.82) is 0 Å². The van der Waals surface area contributed by atoms with Gasteiger partial charge in [0, 0.05) is 12.7 Å². The topological polar surface area (TPSA) is 93.4 Å². The van der Waals surface area contributed by atoms with E-state index in [0.29, 0.717) is 0 Å². The first-order valence-corrected chi connectivity index (χ1v) is 7.08. The molecule has 0 saturated carbocycles. The molecule has 0 saturated heterocycles. The molecular formula is C11H16FN3O3S. The van der Waals surface area contributed by atoms with Gasteiger partial charge in [0.2, 0.25) is 10.9 Å². The Bertz CT molecular complexity index is 560. The highest BCUT2D eigenvalue weighted by Crippen LogP contribution is 2.17. The number of hydrogen-bond donors (Lipinski definition) is 1. The summed E-state index contributed by atoms with van der Waals surface area (Å²) in [6.07, 6.45) is 1.17. The molecular weight excluding hydrogens is 273 g/mol. The highest BCUT2D eigenvalue weighted by molar-refractivity contribution is 7.89. The Morgan fingerprint density at radius 3 is 2.63 bits per heavy atom. The van der Waals surface area contributed by atoms with Crippen molar-refractivity contribution in [2.45, 2.75) is 18.9 Å². The van der Waals surface area contributed by atoms with Crippen molar-refractivity contribution in [2.24, 2.45) is 11.7 Å². The fraction of sp³-hybridized carbons (Fsp3) is 0.455.